The number of unbranched alkanes of at least 4 members (excludes halogenated alkanes) is 1. The maximum Gasteiger partial charge on any atom is 0.350 e. The summed E-state index contributed by atoms with van der Waals surface area (Å²) in [6.07, 6.45) is 4.77. The van der Waals surface area contributed by atoms with Gasteiger partial charge < -0.3 is 4.74 Å². The molecule has 0 atom stereocenters. The molecule has 0 aliphatic rings. The Bertz CT molecular complexity index is 925. The van der Waals surface area contributed by atoms with E-state index in [4.69, 9.17) is 4.74 Å². The van der Waals surface area contributed by atoms with Gasteiger partial charge in [-0.15, -0.1) is 5.10 Å². The third-order valence-corrected chi connectivity index (χ3v) is 4.27. The predicted molar refractivity (Wildman–Crippen MR) is 99.1 cm³/mol. The van der Waals surface area contributed by atoms with Gasteiger partial charge in [0.2, 0.25) is 0 Å². The molecule has 0 amide bonds. The molecule has 3 rings (SSSR count). The standard InChI is InChI=1S/C20H23N3O3/c1-16-9-11-17(12-10-16)6-2-3-8-19(24)26-15-14-23-20(25)22-13-5-4-7-18(22)21-23/h4-5,7,9-13H,2-3,6,8,14-15H2,1H3. The highest BCUT2D eigenvalue weighted by atomic mass is 16.5. The van der Waals surface area contributed by atoms with Crippen LogP contribution in [0.1, 0.15) is 30.4 Å². The molecule has 6 heteroatoms. The minimum Gasteiger partial charge on any atom is -0.464 e. The number of carbonyl (C=O) groups excluding carboxylic acids is 1. The van der Waals surface area contributed by atoms with Crippen LogP contribution >= 0.6 is 0 Å². The summed E-state index contributed by atoms with van der Waals surface area (Å²) in [5, 5.41) is 4.20. The van der Waals surface area contributed by atoms with Crippen molar-refractivity contribution in [3.05, 3.63) is 70.3 Å². The van der Waals surface area contributed by atoms with E-state index in [9.17, 15) is 9.59 Å². The monoisotopic (exact) mass is 353 g/mol. The Hall–Kier alpha value is -2.89. The highest BCUT2D eigenvalue weighted by Gasteiger charge is 2.07. The normalized spacial score (nSPS) is 11.0. The molecule has 136 valence electrons. The van der Waals surface area contributed by atoms with E-state index in [0.29, 0.717) is 12.1 Å². The average molecular weight is 353 g/mol. The van der Waals surface area contributed by atoms with E-state index < -0.39 is 0 Å². The van der Waals surface area contributed by atoms with Gasteiger partial charge >= 0.3 is 11.7 Å². The van der Waals surface area contributed by atoms with Crippen molar-refractivity contribution in [2.24, 2.45) is 0 Å². The van der Waals surface area contributed by atoms with E-state index in [0.717, 1.165) is 19.3 Å². The van der Waals surface area contributed by atoms with Gasteiger partial charge in [0, 0.05) is 12.6 Å². The minimum atomic E-state index is -0.231. The average Bonchev–Trinajstić information content (AvgIpc) is 2.97. The van der Waals surface area contributed by atoms with Crippen LogP contribution in [0.25, 0.3) is 5.65 Å². The molecule has 2 heterocycles. The number of ether oxygens (including phenoxy) is 1. The van der Waals surface area contributed by atoms with Crippen molar-refractivity contribution in [3.8, 4) is 0 Å². The van der Waals surface area contributed by atoms with Gasteiger partial charge in [0.25, 0.3) is 0 Å². The summed E-state index contributed by atoms with van der Waals surface area (Å²) in [5.41, 5.74) is 2.90. The van der Waals surface area contributed by atoms with E-state index in [-0.39, 0.29) is 24.8 Å². The van der Waals surface area contributed by atoms with E-state index in [1.54, 1.807) is 18.3 Å². The van der Waals surface area contributed by atoms with Crippen molar-refractivity contribution >= 4 is 11.6 Å². The zero-order chi connectivity index (χ0) is 18.4. The summed E-state index contributed by atoms with van der Waals surface area (Å²) >= 11 is 0. The molecule has 0 spiro atoms. The molecule has 0 bridgehead atoms. The van der Waals surface area contributed by atoms with Gasteiger partial charge in [-0.3, -0.25) is 9.20 Å². The number of aryl methyl sites for hydroxylation is 2. The molecule has 0 saturated carbocycles. The van der Waals surface area contributed by atoms with Crippen LogP contribution in [0.15, 0.2) is 53.5 Å². The number of aromatic nitrogens is 3. The lowest BCUT2D eigenvalue weighted by Crippen LogP contribution is -2.24. The number of nitrogens with zero attached hydrogens (tertiary/aromatic N) is 3. The maximum absolute atomic E-state index is 12.1. The Morgan fingerprint density at radius 2 is 1.92 bits per heavy atom. The van der Waals surface area contributed by atoms with Crippen LogP contribution in [0.5, 0.6) is 0 Å². The van der Waals surface area contributed by atoms with Crippen molar-refractivity contribution < 1.29 is 9.53 Å². The second-order valence-corrected chi connectivity index (χ2v) is 6.35. The fourth-order valence-electron chi connectivity index (χ4n) is 2.79. The molecular formula is C20H23N3O3. The first-order valence-electron chi connectivity index (χ1n) is 8.89. The Balaban J connectivity index is 1.36. The summed E-state index contributed by atoms with van der Waals surface area (Å²) in [6.45, 7) is 2.48. The van der Waals surface area contributed by atoms with Gasteiger partial charge in [0.05, 0.1) is 6.54 Å². The van der Waals surface area contributed by atoms with Crippen LogP contribution in [0.4, 0.5) is 0 Å². The molecule has 3 aromatic rings. The lowest BCUT2D eigenvalue weighted by Gasteiger charge is -2.05. The van der Waals surface area contributed by atoms with Gasteiger partial charge in [0.15, 0.2) is 5.65 Å². The number of esters is 1. The maximum atomic E-state index is 12.1. The molecule has 0 unspecified atom stereocenters. The van der Waals surface area contributed by atoms with Crippen LogP contribution in [0.2, 0.25) is 0 Å². The molecule has 0 radical (unpaired) electrons. The summed E-state index contributed by atoms with van der Waals surface area (Å²) in [5.74, 6) is -0.231. The lowest BCUT2D eigenvalue weighted by molar-refractivity contribution is -0.144. The third-order valence-electron chi connectivity index (χ3n) is 4.27. The fraction of sp³-hybridized carbons (Fsp3) is 0.350. The number of hydrogen-bond donors (Lipinski definition) is 0. The number of pyridine rings is 1. The van der Waals surface area contributed by atoms with E-state index in [2.05, 4.69) is 36.3 Å². The molecule has 26 heavy (non-hydrogen) atoms. The molecule has 0 aliphatic heterocycles. The number of hydrogen-bond acceptors (Lipinski definition) is 4. The minimum absolute atomic E-state index is 0.153. The number of rotatable bonds is 8. The number of carbonyl (C=O) groups is 1. The van der Waals surface area contributed by atoms with Crippen LogP contribution in [-0.2, 0) is 22.5 Å². The first-order valence-corrected chi connectivity index (χ1v) is 8.89. The zero-order valence-corrected chi connectivity index (χ0v) is 14.9. The fourth-order valence-corrected chi connectivity index (χ4v) is 2.79. The van der Waals surface area contributed by atoms with E-state index >= 15 is 0 Å². The number of benzene rings is 1. The number of fused-ring (bicyclic) bond motifs is 1. The molecule has 0 fully saturated rings. The lowest BCUT2D eigenvalue weighted by atomic mass is 10.1. The van der Waals surface area contributed by atoms with Gasteiger partial charge in [-0.1, -0.05) is 35.9 Å². The molecule has 0 N–H and O–H groups in total. The second-order valence-electron chi connectivity index (χ2n) is 6.35. The van der Waals surface area contributed by atoms with Gasteiger partial charge in [-0.2, -0.15) is 0 Å². The Labute approximate surface area is 152 Å². The molecule has 6 nitrogen and oxygen atoms in total. The Morgan fingerprint density at radius 1 is 1.12 bits per heavy atom. The summed E-state index contributed by atoms with van der Waals surface area (Å²) in [4.78, 5) is 23.9. The highest BCUT2D eigenvalue weighted by Crippen LogP contribution is 2.08. The first-order chi connectivity index (χ1) is 12.6. The van der Waals surface area contributed by atoms with Crippen molar-refractivity contribution in [1.29, 1.82) is 0 Å². The van der Waals surface area contributed by atoms with E-state index in [1.807, 2.05) is 6.07 Å². The van der Waals surface area contributed by atoms with Gasteiger partial charge in [-0.25, -0.2) is 9.48 Å². The van der Waals surface area contributed by atoms with Gasteiger partial charge in [-0.05, 0) is 43.9 Å². The largest absolute Gasteiger partial charge is 0.464 e. The first kappa shape index (κ1) is 17.9. The van der Waals surface area contributed by atoms with Crippen molar-refractivity contribution in [2.45, 2.75) is 39.2 Å². The van der Waals surface area contributed by atoms with Crippen molar-refractivity contribution in [1.82, 2.24) is 14.2 Å². The Kier molecular flexibility index (Phi) is 5.84. The summed E-state index contributed by atoms with van der Waals surface area (Å²) < 4.78 is 8.00. The molecule has 2 aromatic heterocycles. The second kappa shape index (κ2) is 8.47. The zero-order valence-electron chi connectivity index (χ0n) is 14.9. The van der Waals surface area contributed by atoms with Crippen LogP contribution in [0, 0.1) is 6.92 Å². The van der Waals surface area contributed by atoms with Crippen LogP contribution in [-0.4, -0.2) is 26.8 Å². The quantitative estimate of drug-likeness (QED) is 0.461. The Morgan fingerprint density at radius 3 is 2.69 bits per heavy atom. The van der Waals surface area contributed by atoms with Crippen molar-refractivity contribution in [3.63, 3.8) is 0 Å². The molecule has 0 saturated heterocycles. The topological polar surface area (TPSA) is 65.6 Å². The molecular weight excluding hydrogens is 330 g/mol. The van der Waals surface area contributed by atoms with Crippen molar-refractivity contribution in [2.75, 3.05) is 6.61 Å². The van der Waals surface area contributed by atoms with Crippen LogP contribution in [0.3, 0.4) is 0 Å². The summed E-state index contributed by atoms with van der Waals surface area (Å²) in [6, 6.07) is 13.8. The smallest absolute Gasteiger partial charge is 0.350 e. The van der Waals surface area contributed by atoms with Gasteiger partial charge in [0.1, 0.15) is 6.61 Å². The molecule has 1 aromatic carbocycles. The SMILES string of the molecule is Cc1ccc(CCCCC(=O)OCCn2nc3ccccn3c2=O)cc1. The predicted octanol–water partition coefficient (Wildman–Crippen LogP) is 2.76. The third kappa shape index (κ3) is 4.59. The van der Waals surface area contributed by atoms with E-state index in [1.165, 1.54) is 20.2 Å². The van der Waals surface area contributed by atoms with Crippen LogP contribution < -0.4 is 5.69 Å². The summed E-state index contributed by atoms with van der Waals surface area (Å²) in [7, 11) is 0. The highest BCUT2D eigenvalue weighted by molar-refractivity contribution is 5.69. The molecule has 0 aliphatic carbocycles.